The molecule has 6 nitrogen and oxygen atoms in total. The highest BCUT2D eigenvalue weighted by molar-refractivity contribution is 7.13. The lowest BCUT2D eigenvalue weighted by Gasteiger charge is -2.23. The Labute approximate surface area is 145 Å². The molecule has 0 spiro atoms. The van der Waals surface area contributed by atoms with Gasteiger partial charge in [0.05, 0.1) is 11.1 Å². The second-order valence-electron chi connectivity index (χ2n) is 6.23. The molecule has 0 aliphatic carbocycles. The normalized spacial score (nSPS) is 18.5. The number of hydrogen-bond acceptors (Lipinski definition) is 6. The molecule has 3 aromatic heterocycles. The lowest BCUT2D eigenvalue weighted by Crippen LogP contribution is -2.24. The quantitative estimate of drug-likeness (QED) is 0.687. The Bertz CT molecular complexity index is 779. The second-order valence-corrected chi connectivity index (χ2v) is 7.18. The zero-order valence-electron chi connectivity index (χ0n) is 13.8. The van der Waals surface area contributed by atoms with Crippen molar-refractivity contribution in [1.82, 2.24) is 24.8 Å². The fourth-order valence-electron chi connectivity index (χ4n) is 3.38. The smallest absolute Gasteiger partial charge is 0.227 e. The summed E-state index contributed by atoms with van der Waals surface area (Å²) in [6, 6.07) is 4.52. The molecule has 0 amide bonds. The van der Waals surface area contributed by atoms with Crippen LogP contribution in [0.2, 0.25) is 0 Å². The first-order valence-corrected chi connectivity index (χ1v) is 9.26. The van der Waals surface area contributed by atoms with Crippen molar-refractivity contribution in [1.29, 1.82) is 0 Å². The molecule has 0 bridgehead atoms. The van der Waals surface area contributed by atoms with Gasteiger partial charge in [-0.25, -0.2) is 0 Å². The van der Waals surface area contributed by atoms with Crippen LogP contribution < -0.4 is 0 Å². The highest BCUT2D eigenvalue weighted by Crippen LogP contribution is 2.31. The fourth-order valence-corrected chi connectivity index (χ4v) is 4.03. The third-order valence-corrected chi connectivity index (χ3v) is 5.38. The number of aryl methyl sites for hydroxylation is 2. The number of rotatable bonds is 6. The van der Waals surface area contributed by atoms with Gasteiger partial charge in [0.2, 0.25) is 11.7 Å². The SMILES string of the molecule is Cn1cc([C@@H]2CCCN2CCCc2nc(-c3cccs3)no2)cn1. The number of likely N-dealkylation sites (tertiary alicyclic amines) is 1. The van der Waals surface area contributed by atoms with E-state index in [9.17, 15) is 0 Å². The first-order chi connectivity index (χ1) is 11.8. The van der Waals surface area contributed by atoms with Crippen molar-refractivity contribution in [3.8, 4) is 10.7 Å². The molecule has 3 aromatic rings. The molecule has 0 unspecified atom stereocenters. The van der Waals surface area contributed by atoms with Gasteiger partial charge in [0.15, 0.2) is 0 Å². The maximum absolute atomic E-state index is 5.38. The van der Waals surface area contributed by atoms with E-state index in [0.29, 0.717) is 11.9 Å². The molecule has 0 N–H and O–H groups in total. The average molecular weight is 343 g/mol. The Hall–Kier alpha value is -1.99. The van der Waals surface area contributed by atoms with Crippen LogP contribution in [0.15, 0.2) is 34.4 Å². The highest BCUT2D eigenvalue weighted by atomic mass is 32.1. The molecule has 0 saturated carbocycles. The zero-order valence-corrected chi connectivity index (χ0v) is 14.6. The van der Waals surface area contributed by atoms with Crippen molar-refractivity contribution in [2.75, 3.05) is 13.1 Å². The monoisotopic (exact) mass is 343 g/mol. The Morgan fingerprint density at radius 2 is 2.38 bits per heavy atom. The van der Waals surface area contributed by atoms with Gasteiger partial charge in [0.25, 0.3) is 0 Å². The van der Waals surface area contributed by atoms with Crippen LogP contribution in [0, 0.1) is 0 Å². The lowest BCUT2D eigenvalue weighted by atomic mass is 10.1. The molecule has 24 heavy (non-hydrogen) atoms. The van der Waals surface area contributed by atoms with Gasteiger partial charge >= 0.3 is 0 Å². The molecule has 1 saturated heterocycles. The molecule has 126 valence electrons. The van der Waals surface area contributed by atoms with E-state index in [1.165, 1.54) is 18.4 Å². The maximum Gasteiger partial charge on any atom is 0.227 e. The van der Waals surface area contributed by atoms with E-state index in [2.05, 4.69) is 26.3 Å². The average Bonchev–Trinajstić information content (AvgIpc) is 3.35. The Balaban J connectivity index is 1.32. The van der Waals surface area contributed by atoms with E-state index in [1.807, 2.05) is 35.4 Å². The first-order valence-electron chi connectivity index (χ1n) is 8.38. The van der Waals surface area contributed by atoms with Gasteiger partial charge in [-0.1, -0.05) is 11.2 Å². The van der Waals surface area contributed by atoms with Gasteiger partial charge in [-0.15, -0.1) is 11.3 Å². The molecule has 4 heterocycles. The summed E-state index contributed by atoms with van der Waals surface area (Å²) in [6.45, 7) is 2.21. The van der Waals surface area contributed by atoms with E-state index in [-0.39, 0.29) is 0 Å². The van der Waals surface area contributed by atoms with Crippen molar-refractivity contribution in [2.45, 2.75) is 31.7 Å². The molecule has 0 aromatic carbocycles. The molecule has 7 heteroatoms. The summed E-state index contributed by atoms with van der Waals surface area (Å²) in [7, 11) is 1.98. The van der Waals surface area contributed by atoms with Crippen LogP contribution >= 0.6 is 11.3 Å². The van der Waals surface area contributed by atoms with Crippen molar-refractivity contribution >= 4 is 11.3 Å². The number of nitrogens with zero attached hydrogens (tertiary/aromatic N) is 5. The molecule has 1 atom stereocenters. The van der Waals surface area contributed by atoms with Crippen LogP contribution in [-0.2, 0) is 13.5 Å². The summed E-state index contributed by atoms with van der Waals surface area (Å²) >= 11 is 1.63. The lowest BCUT2D eigenvalue weighted by molar-refractivity contribution is 0.249. The fraction of sp³-hybridized carbons (Fsp3) is 0.471. The third-order valence-electron chi connectivity index (χ3n) is 4.52. The minimum atomic E-state index is 0.503. The van der Waals surface area contributed by atoms with E-state index < -0.39 is 0 Å². The molecule has 0 radical (unpaired) electrons. The Morgan fingerprint density at radius 3 is 3.17 bits per heavy atom. The highest BCUT2D eigenvalue weighted by Gasteiger charge is 2.26. The van der Waals surface area contributed by atoms with E-state index in [0.717, 1.165) is 36.7 Å². The van der Waals surface area contributed by atoms with Crippen LogP contribution in [0.1, 0.15) is 36.8 Å². The summed E-state index contributed by atoms with van der Waals surface area (Å²) < 4.78 is 7.27. The van der Waals surface area contributed by atoms with Crippen molar-refractivity contribution < 1.29 is 4.52 Å². The van der Waals surface area contributed by atoms with Crippen LogP contribution in [0.25, 0.3) is 10.7 Å². The van der Waals surface area contributed by atoms with E-state index >= 15 is 0 Å². The van der Waals surface area contributed by atoms with Gasteiger partial charge in [0.1, 0.15) is 0 Å². The summed E-state index contributed by atoms with van der Waals surface area (Å²) in [5.74, 6) is 1.44. The minimum Gasteiger partial charge on any atom is -0.339 e. The standard InChI is InChI=1S/C17H21N5OS/c1-21-12-13(11-18-21)14-5-2-8-22(14)9-3-7-16-19-17(20-23-16)15-6-4-10-24-15/h4,6,10-12,14H,2-3,5,7-9H2,1H3/t14-/m0/s1. The summed E-state index contributed by atoms with van der Waals surface area (Å²) in [6.07, 6.45) is 8.46. The van der Waals surface area contributed by atoms with Gasteiger partial charge in [-0.3, -0.25) is 9.58 Å². The number of thiophene rings is 1. The van der Waals surface area contributed by atoms with Crippen molar-refractivity contribution in [3.63, 3.8) is 0 Å². The van der Waals surface area contributed by atoms with Crippen LogP contribution in [0.4, 0.5) is 0 Å². The van der Waals surface area contributed by atoms with Crippen molar-refractivity contribution in [3.05, 3.63) is 41.4 Å². The van der Waals surface area contributed by atoms with Crippen LogP contribution in [0.3, 0.4) is 0 Å². The van der Waals surface area contributed by atoms with Gasteiger partial charge in [-0.2, -0.15) is 10.1 Å². The van der Waals surface area contributed by atoms with E-state index in [1.54, 1.807) is 11.3 Å². The van der Waals surface area contributed by atoms with Gasteiger partial charge in [0, 0.05) is 31.3 Å². The molecule has 1 fully saturated rings. The maximum atomic E-state index is 5.38. The Morgan fingerprint density at radius 1 is 1.42 bits per heavy atom. The molecule has 1 aliphatic heterocycles. The second kappa shape index (κ2) is 6.86. The zero-order chi connectivity index (χ0) is 16.4. The molecular weight excluding hydrogens is 322 g/mol. The number of aromatic nitrogens is 4. The largest absolute Gasteiger partial charge is 0.339 e. The predicted octanol–water partition coefficient (Wildman–Crippen LogP) is 3.30. The van der Waals surface area contributed by atoms with Crippen LogP contribution in [0.5, 0.6) is 0 Å². The summed E-state index contributed by atoms with van der Waals surface area (Å²) in [4.78, 5) is 8.10. The topological polar surface area (TPSA) is 60.0 Å². The minimum absolute atomic E-state index is 0.503. The van der Waals surface area contributed by atoms with Crippen molar-refractivity contribution in [2.24, 2.45) is 7.05 Å². The van der Waals surface area contributed by atoms with Gasteiger partial charge in [-0.05, 0) is 43.8 Å². The molecular formula is C17H21N5OS. The first kappa shape index (κ1) is 15.5. The molecule has 4 rings (SSSR count). The summed E-state index contributed by atoms with van der Waals surface area (Å²) in [5, 5.41) is 10.4. The Kier molecular flexibility index (Phi) is 4.44. The van der Waals surface area contributed by atoms with Crippen LogP contribution in [-0.4, -0.2) is 37.9 Å². The third kappa shape index (κ3) is 3.27. The van der Waals surface area contributed by atoms with Gasteiger partial charge < -0.3 is 4.52 Å². The summed E-state index contributed by atoms with van der Waals surface area (Å²) in [5.41, 5.74) is 1.33. The number of hydrogen-bond donors (Lipinski definition) is 0. The van der Waals surface area contributed by atoms with E-state index in [4.69, 9.17) is 4.52 Å². The predicted molar refractivity (Wildman–Crippen MR) is 92.7 cm³/mol. The molecule has 1 aliphatic rings.